The van der Waals surface area contributed by atoms with Crippen LogP contribution in [-0.4, -0.2) is 26.7 Å². The lowest BCUT2D eigenvalue weighted by molar-refractivity contribution is -0.116. The molecule has 0 saturated carbocycles. The molecule has 0 bridgehead atoms. The number of furan rings is 1. The van der Waals surface area contributed by atoms with E-state index in [1.165, 1.54) is 11.3 Å². The molecule has 1 aromatic carbocycles. The van der Waals surface area contributed by atoms with Gasteiger partial charge >= 0.3 is 0 Å². The third-order valence-corrected chi connectivity index (χ3v) is 5.87. The maximum absolute atomic E-state index is 12.6. The van der Waals surface area contributed by atoms with E-state index in [0.29, 0.717) is 22.2 Å². The summed E-state index contributed by atoms with van der Waals surface area (Å²) in [6.07, 6.45) is 1.54. The average Bonchev–Trinajstić information content (AvgIpc) is 3.48. The molecule has 29 heavy (non-hydrogen) atoms. The van der Waals surface area contributed by atoms with Gasteiger partial charge in [0.2, 0.25) is 0 Å². The largest absolute Gasteiger partial charge is 0.469 e. The number of rotatable bonds is 7. The first-order valence-corrected chi connectivity index (χ1v) is 10.5. The maximum Gasteiger partial charge on any atom is 0.277 e. The van der Waals surface area contributed by atoms with Gasteiger partial charge in [-0.2, -0.15) is 5.26 Å². The number of nitrogens with zero attached hydrogens (tertiary/aromatic N) is 4. The van der Waals surface area contributed by atoms with E-state index in [-0.39, 0.29) is 16.8 Å². The zero-order chi connectivity index (χ0) is 20.2. The minimum Gasteiger partial charge on any atom is -0.469 e. The fraction of sp³-hybridized carbons (Fsp3) is 0.150. The maximum atomic E-state index is 12.6. The average molecular weight is 422 g/mol. The summed E-state index contributed by atoms with van der Waals surface area (Å²) in [5.41, 5.74) is 2.41. The molecule has 3 heterocycles. The molecule has 3 aromatic heterocycles. The van der Waals surface area contributed by atoms with Crippen LogP contribution in [0.15, 0.2) is 62.1 Å². The van der Waals surface area contributed by atoms with Gasteiger partial charge in [0.15, 0.2) is 11.7 Å². The van der Waals surface area contributed by atoms with Gasteiger partial charge in [-0.25, -0.2) is 4.98 Å². The molecule has 0 aliphatic rings. The van der Waals surface area contributed by atoms with Gasteiger partial charge in [0, 0.05) is 10.9 Å². The molecule has 0 unspecified atom stereocenters. The highest BCUT2D eigenvalue weighted by Crippen LogP contribution is 2.30. The summed E-state index contributed by atoms with van der Waals surface area (Å²) in [6.45, 7) is 1.80. The first-order valence-electron chi connectivity index (χ1n) is 8.59. The second kappa shape index (κ2) is 8.43. The summed E-state index contributed by atoms with van der Waals surface area (Å²) in [4.78, 5) is 17.1. The molecule has 0 spiro atoms. The zero-order valence-corrected chi connectivity index (χ0v) is 16.9. The van der Waals surface area contributed by atoms with Crippen molar-refractivity contribution >= 4 is 28.9 Å². The van der Waals surface area contributed by atoms with Gasteiger partial charge in [-0.15, -0.1) is 21.5 Å². The SMILES string of the molecule is Cc1occc1-c1nnc(SCC(=O)[C@@H](C#N)c2nc(-c3ccccc3)cs2)o1. The Hall–Kier alpha value is -3.22. The Morgan fingerprint density at radius 2 is 2.10 bits per heavy atom. The van der Waals surface area contributed by atoms with Crippen molar-refractivity contribution in [3.63, 3.8) is 0 Å². The van der Waals surface area contributed by atoms with E-state index in [2.05, 4.69) is 21.3 Å². The predicted octanol–water partition coefficient (Wildman–Crippen LogP) is 4.73. The standard InChI is InChI=1S/C20H14N4O3S2/c1-12-14(7-8-26-12)18-23-24-20(27-18)29-11-17(25)15(9-21)19-22-16(10-28-19)13-5-3-2-4-6-13/h2-8,10,15H,11H2,1H3/t15-/m1/s1. The number of carbonyl (C=O) groups is 1. The van der Waals surface area contributed by atoms with Gasteiger partial charge in [0.1, 0.15) is 10.8 Å². The molecule has 4 rings (SSSR count). The molecule has 9 heteroatoms. The smallest absolute Gasteiger partial charge is 0.277 e. The summed E-state index contributed by atoms with van der Waals surface area (Å²) < 4.78 is 10.8. The number of hydrogen-bond donors (Lipinski definition) is 0. The van der Waals surface area contributed by atoms with Crippen LogP contribution in [-0.2, 0) is 4.79 Å². The van der Waals surface area contributed by atoms with Gasteiger partial charge in [-0.05, 0) is 13.0 Å². The number of carbonyl (C=O) groups excluding carboxylic acids is 1. The highest BCUT2D eigenvalue weighted by atomic mass is 32.2. The van der Waals surface area contributed by atoms with E-state index < -0.39 is 5.92 Å². The molecule has 144 valence electrons. The Bertz CT molecular complexity index is 1170. The summed E-state index contributed by atoms with van der Waals surface area (Å²) in [5, 5.41) is 20.0. The second-order valence-corrected chi connectivity index (χ2v) is 7.83. The number of ketones is 1. The Labute approximate surface area is 174 Å². The molecular weight excluding hydrogens is 408 g/mol. The predicted molar refractivity (Wildman–Crippen MR) is 108 cm³/mol. The number of aryl methyl sites for hydroxylation is 1. The Morgan fingerprint density at radius 3 is 2.83 bits per heavy atom. The molecular formula is C20H14N4O3S2. The highest BCUT2D eigenvalue weighted by Gasteiger charge is 2.25. The summed E-state index contributed by atoms with van der Waals surface area (Å²) in [7, 11) is 0. The molecule has 0 fully saturated rings. The quantitative estimate of drug-likeness (QED) is 0.394. The van der Waals surface area contributed by atoms with E-state index >= 15 is 0 Å². The molecule has 0 aliphatic heterocycles. The molecule has 0 saturated heterocycles. The van der Waals surface area contributed by atoms with Gasteiger partial charge < -0.3 is 8.83 Å². The molecule has 0 aliphatic carbocycles. The van der Waals surface area contributed by atoms with Gasteiger partial charge in [-0.1, -0.05) is 42.1 Å². The van der Waals surface area contributed by atoms with E-state index in [4.69, 9.17) is 8.83 Å². The van der Waals surface area contributed by atoms with Crippen molar-refractivity contribution in [1.82, 2.24) is 15.2 Å². The van der Waals surface area contributed by atoms with Crippen molar-refractivity contribution in [2.45, 2.75) is 18.1 Å². The van der Waals surface area contributed by atoms with Crippen molar-refractivity contribution in [3.8, 4) is 28.8 Å². The fourth-order valence-electron chi connectivity index (χ4n) is 2.63. The van der Waals surface area contributed by atoms with Gasteiger partial charge in [0.25, 0.3) is 11.1 Å². The minimum absolute atomic E-state index is 0.0322. The third-order valence-electron chi connectivity index (χ3n) is 4.12. The number of Topliss-reactive ketones (excluding diaryl/α,β-unsaturated/α-hetero) is 1. The van der Waals surface area contributed by atoms with Crippen molar-refractivity contribution in [2.24, 2.45) is 0 Å². The number of thiazole rings is 1. The van der Waals surface area contributed by atoms with Crippen LogP contribution in [0.25, 0.3) is 22.7 Å². The molecule has 0 N–H and O–H groups in total. The van der Waals surface area contributed by atoms with E-state index in [1.807, 2.05) is 35.7 Å². The van der Waals surface area contributed by atoms with Crippen LogP contribution in [0, 0.1) is 18.3 Å². The van der Waals surface area contributed by atoms with Crippen LogP contribution in [0.4, 0.5) is 0 Å². The van der Waals surface area contributed by atoms with Crippen LogP contribution in [0.3, 0.4) is 0 Å². The molecule has 7 nitrogen and oxygen atoms in total. The summed E-state index contributed by atoms with van der Waals surface area (Å²) in [5.74, 6) is -0.154. The normalized spacial score (nSPS) is 11.9. The first-order chi connectivity index (χ1) is 14.2. The lowest BCUT2D eigenvalue weighted by atomic mass is 10.1. The Morgan fingerprint density at radius 1 is 1.28 bits per heavy atom. The van der Waals surface area contributed by atoms with Crippen LogP contribution in [0.5, 0.6) is 0 Å². The Kier molecular flexibility index (Phi) is 5.55. The van der Waals surface area contributed by atoms with Crippen molar-refractivity contribution < 1.29 is 13.6 Å². The first kappa shape index (κ1) is 19.1. The lowest BCUT2D eigenvalue weighted by Crippen LogP contribution is -2.13. The minimum atomic E-state index is -0.927. The Balaban J connectivity index is 1.43. The summed E-state index contributed by atoms with van der Waals surface area (Å²) >= 11 is 2.40. The molecule has 0 amide bonds. The highest BCUT2D eigenvalue weighted by molar-refractivity contribution is 7.99. The lowest BCUT2D eigenvalue weighted by Gasteiger charge is -2.03. The third kappa shape index (κ3) is 4.13. The van der Waals surface area contributed by atoms with Gasteiger partial charge in [0.05, 0.1) is 29.3 Å². The fourth-order valence-corrected chi connectivity index (χ4v) is 4.19. The topological polar surface area (TPSA) is 106 Å². The molecule has 1 atom stereocenters. The van der Waals surface area contributed by atoms with Crippen LogP contribution in [0.1, 0.15) is 16.7 Å². The van der Waals surface area contributed by atoms with Gasteiger partial charge in [-0.3, -0.25) is 4.79 Å². The monoisotopic (exact) mass is 422 g/mol. The number of benzene rings is 1. The van der Waals surface area contributed by atoms with E-state index in [0.717, 1.165) is 23.0 Å². The second-order valence-electron chi connectivity index (χ2n) is 6.02. The molecule has 0 radical (unpaired) electrons. The number of thioether (sulfide) groups is 1. The molecule has 4 aromatic rings. The van der Waals surface area contributed by atoms with Crippen molar-refractivity contribution in [2.75, 3.05) is 5.75 Å². The number of aromatic nitrogens is 3. The van der Waals surface area contributed by atoms with Crippen LogP contribution in [0.2, 0.25) is 0 Å². The van der Waals surface area contributed by atoms with Crippen molar-refractivity contribution in [1.29, 1.82) is 5.26 Å². The van der Waals surface area contributed by atoms with Crippen molar-refractivity contribution in [3.05, 3.63) is 58.8 Å². The number of hydrogen-bond acceptors (Lipinski definition) is 9. The summed E-state index contributed by atoms with van der Waals surface area (Å²) in [6, 6.07) is 13.4. The van der Waals surface area contributed by atoms with Crippen LogP contribution >= 0.6 is 23.1 Å². The number of nitriles is 1. The zero-order valence-electron chi connectivity index (χ0n) is 15.2. The van der Waals surface area contributed by atoms with Crippen LogP contribution < -0.4 is 0 Å². The van der Waals surface area contributed by atoms with E-state index in [9.17, 15) is 10.1 Å². The van der Waals surface area contributed by atoms with E-state index in [1.54, 1.807) is 19.3 Å².